The van der Waals surface area contributed by atoms with Gasteiger partial charge in [0.25, 0.3) is 0 Å². The molecule has 5 heteroatoms. The number of nitrogens with one attached hydrogen (secondary N) is 1. The van der Waals surface area contributed by atoms with Crippen molar-refractivity contribution in [3.05, 3.63) is 12.2 Å². The SMILES string of the molecule is O=C(O)CCCCNC(=O)OC1CC/C=C\CCC1. The monoisotopic (exact) mass is 269 g/mol. The molecule has 2 N–H and O–H groups in total. The van der Waals surface area contributed by atoms with Crippen molar-refractivity contribution < 1.29 is 19.4 Å². The van der Waals surface area contributed by atoms with Gasteiger partial charge in [0.1, 0.15) is 6.10 Å². The van der Waals surface area contributed by atoms with Crippen molar-refractivity contribution in [3.8, 4) is 0 Å². The van der Waals surface area contributed by atoms with Crippen molar-refractivity contribution in [1.29, 1.82) is 0 Å². The van der Waals surface area contributed by atoms with Crippen molar-refractivity contribution in [2.24, 2.45) is 0 Å². The lowest BCUT2D eigenvalue weighted by Crippen LogP contribution is -2.30. The number of alkyl carbamates (subject to hydrolysis) is 1. The molecule has 0 heterocycles. The van der Waals surface area contributed by atoms with Crippen molar-refractivity contribution >= 4 is 12.1 Å². The third-order valence-corrected chi connectivity index (χ3v) is 3.08. The summed E-state index contributed by atoms with van der Waals surface area (Å²) in [4.78, 5) is 21.8. The predicted molar refractivity (Wildman–Crippen MR) is 72.0 cm³/mol. The van der Waals surface area contributed by atoms with Crippen LogP contribution in [0.1, 0.15) is 51.4 Å². The highest BCUT2D eigenvalue weighted by atomic mass is 16.6. The first-order chi connectivity index (χ1) is 9.18. The molecule has 0 aromatic carbocycles. The van der Waals surface area contributed by atoms with Gasteiger partial charge in [-0.15, -0.1) is 0 Å². The van der Waals surface area contributed by atoms with Crippen molar-refractivity contribution in [3.63, 3.8) is 0 Å². The zero-order valence-corrected chi connectivity index (χ0v) is 11.3. The summed E-state index contributed by atoms with van der Waals surface area (Å²) in [6.07, 6.45) is 10.2. The van der Waals surface area contributed by atoms with Crippen LogP contribution in [0.25, 0.3) is 0 Å². The van der Waals surface area contributed by atoms with E-state index in [0.29, 0.717) is 19.4 Å². The average Bonchev–Trinajstić information content (AvgIpc) is 2.31. The lowest BCUT2D eigenvalue weighted by Gasteiger charge is -2.18. The smallest absolute Gasteiger partial charge is 0.407 e. The van der Waals surface area contributed by atoms with Crippen LogP contribution in [0, 0.1) is 0 Å². The molecular formula is C14H23NO4. The zero-order valence-electron chi connectivity index (χ0n) is 11.3. The number of ether oxygens (including phenoxy) is 1. The molecule has 108 valence electrons. The molecule has 19 heavy (non-hydrogen) atoms. The summed E-state index contributed by atoms with van der Waals surface area (Å²) in [6, 6.07) is 0. The highest BCUT2D eigenvalue weighted by Crippen LogP contribution is 2.15. The molecule has 0 fully saturated rings. The summed E-state index contributed by atoms with van der Waals surface area (Å²) >= 11 is 0. The summed E-state index contributed by atoms with van der Waals surface area (Å²) in [5, 5.41) is 11.1. The second-order valence-electron chi connectivity index (χ2n) is 4.78. The van der Waals surface area contributed by atoms with Crippen LogP contribution < -0.4 is 5.32 Å². The summed E-state index contributed by atoms with van der Waals surface area (Å²) in [7, 11) is 0. The van der Waals surface area contributed by atoms with E-state index < -0.39 is 5.97 Å². The molecule has 0 radical (unpaired) electrons. The molecule has 1 aliphatic rings. The summed E-state index contributed by atoms with van der Waals surface area (Å²) in [6.45, 7) is 0.471. The predicted octanol–water partition coefficient (Wildman–Crippen LogP) is 2.86. The molecule has 1 aliphatic carbocycles. The molecule has 0 spiro atoms. The maximum Gasteiger partial charge on any atom is 0.407 e. The molecular weight excluding hydrogens is 246 g/mol. The molecule has 0 saturated carbocycles. The largest absolute Gasteiger partial charge is 0.481 e. The fourth-order valence-corrected chi connectivity index (χ4v) is 2.03. The number of carboxylic acids is 1. The van der Waals surface area contributed by atoms with Crippen LogP contribution in [0.5, 0.6) is 0 Å². The highest BCUT2D eigenvalue weighted by molar-refractivity contribution is 5.67. The van der Waals surface area contributed by atoms with E-state index in [2.05, 4.69) is 17.5 Å². The number of carbonyl (C=O) groups is 2. The van der Waals surface area contributed by atoms with E-state index in [1.54, 1.807) is 0 Å². The number of hydrogen-bond acceptors (Lipinski definition) is 3. The van der Waals surface area contributed by atoms with E-state index >= 15 is 0 Å². The Hall–Kier alpha value is -1.52. The van der Waals surface area contributed by atoms with Gasteiger partial charge in [0.15, 0.2) is 0 Å². The average molecular weight is 269 g/mol. The van der Waals surface area contributed by atoms with Gasteiger partial charge >= 0.3 is 12.1 Å². The van der Waals surface area contributed by atoms with E-state index in [9.17, 15) is 9.59 Å². The van der Waals surface area contributed by atoms with E-state index in [-0.39, 0.29) is 18.6 Å². The number of unbranched alkanes of at least 4 members (excludes halogenated alkanes) is 1. The molecule has 0 aromatic rings. The zero-order chi connectivity index (χ0) is 13.9. The number of aliphatic carboxylic acids is 1. The fourth-order valence-electron chi connectivity index (χ4n) is 2.03. The van der Waals surface area contributed by atoms with Crippen LogP contribution in [-0.2, 0) is 9.53 Å². The second kappa shape index (κ2) is 9.42. The van der Waals surface area contributed by atoms with Gasteiger partial charge in [-0.3, -0.25) is 4.79 Å². The third-order valence-electron chi connectivity index (χ3n) is 3.08. The standard InChI is InChI=1S/C14H23NO4/c16-13(17)10-6-7-11-15-14(18)19-12-8-4-2-1-3-5-9-12/h1-2,12H,3-11H2,(H,15,18)(H,16,17)/b2-1-. The molecule has 5 nitrogen and oxygen atoms in total. The normalized spacial score (nSPS) is 20.9. The van der Waals surface area contributed by atoms with Crippen LogP contribution in [0.3, 0.4) is 0 Å². The Morgan fingerprint density at radius 3 is 2.79 bits per heavy atom. The Bertz CT molecular complexity index is 315. The van der Waals surface area contributed by atoms with Crippen LogP contribution in [0.4, 0.5) is 4.79 Å². The van der Waals surface area contributed by atoms with Gasteiger partial charge in [-0.25, -0.2) is 4.79 Å². The van der Waals surface area contributed by atoms with Crippen LogP contribution in [0.2, 0.25) is 0 Å². The molecule has 0 aliphatic heterocycles. The highest BCUT2D eigenvalue weighted by Gasteiger charge is 2.14. The van der Waals surface area contributed by atoms with Crippen molar-refractivity contribution in [2.45, 2.75) is 57.5 Å². The molecule has 1 rings (SSSR count). The maximum atomic E-state index is 11.5. The maximum absolute atomic E-state index is 11.5. The number of carbonyl (C=O) groups excluding carboxylic acids is 1. The Balaban J connectivity index is 2.09. The van der Waals surface area contributed by atoms with Gasteiger partial charge in [-0.05, 0) is 44.9 Å². The van der Waals surface area contributed by atoms with Gasteiger partial charge < -0.3 is 15.2 Å². The van der Waals surface area contributed by atoms with E-state index in [0.717, 1.165) is 32.1 Å². The van der Waals surface area contributed by atoms with Gasteiger partial charge in [0.05, 0.1) is 0 Å². The quantitative estimate of drug-likeness (QED) is 0.574. The number of carboxylic acid groups (broad SMARTS) is 1. The first-order valence-electron chi connectivity index (χ1n) is 7.00. The van der Waals surface area contributed by atoms with E-state index in [1.165, 1.54) is 0 Å². The molecule has 0 bridgehead atoms. The Morgan fingerprint density at radius 2 is 2.00 bits per heavy atom. The summed E-state index contributed by atoms with van der Waals surface area (Å²) < 4.78 is 5.35. The number of hydrogen-bond donors (Lipinski definition) is 2. The lowest BCUT2D eigenvalue weighted by atomic mass is 10.0. The summed E-state index contributed by atoms with van der Waals surface area (Å²) in [5.74, 6) is -0.801. The molecule has 0 saturated heterocycles. The summed E-state index contributed by atoms with van der Waals surface area (Å²) in [5.41, 5.74) is 0. The minimum absolute atomic E-state index is 0.00368. The molecule has 1 amide bonds. The van der Waals surface area contributed by atoms with Gasteiger partial charge in [-0.1, -0.05) is 12.2 Å². The van der Waals surface area contributed by atoms with Crippen molar-refractivity contribution in [2.75, 3.05) is 6.54 Å². The van der Waals surface area contributed by atoms with Crippen molar-refractivity contribution in [1.82, 2.24) is 5.32 Å². The number of allylic oxidation sites excluding steroid dienone is 2. The number of rotatable bonds is 6. The van der Waals surface area contributed by atoms with E-state index in [1.807, 2.05) is 0 Å². The molecule has 1 atom stereocenters. The first kappa shape index (κ1) is 15.5. The fraction of sp³-hybridized carbons (Fsp3) is 0.714. The minimum Gasteiger partial charge on any atom is -0.481 e. The van der Waals surface area contributed by atoms with Crippen LogP contribution >= 0.6 is 0 Å². The molecule has 1 unspecified atom stereocenters. The van der Waals surface area contributed by atoms with Gasteiger partial charge in [0, 0.05) is 13.0 Å². The molecule has 0 aromatic heterocycles. The Morgan fingerprint density at radius 1 is 1.21 bits per heavy atom. The Kier molecular flexibility index (Phi) is 7.70. The van der Waals surface area contributed by atoms with E-state index in [4.69, 9.17) is 9.84 Å². The first-order valence-corrected chi connectivity index (χ1v) is 7.00. The second-order valence-corrected chi connectivity index (χ2v) is 4.78. The topological polar surface area (TPSA) is 75.6 Å². The van der Waals surface area contributed by atoms with Crippen LogP contribution in [-0.4, -0.2) is 29.8 Å². The van der Waals surface area contributed by atoms with Gasteiger partial charge in [0.2, 0.25) is 0 Å². The minimum atomic E-state index is -0.801. The lowest BCUT2D eigenvalue weighted by molar-refractivity contribution is -0.137. The Labute approximate surface area is 114 Å². The van der Waals surface area contributed by atoms with Crippen LogP contribution in [0.15, 0.2) is 12.2 Å². The van der Waals surface area contributed by atoms with Gasteiger partial charge in [-0.2, -0.15) is 0 Å². The third kappa shape index (κ3) is 8.24. The number of amides is 1.